The number of nitrogens with zero attached hydrogens (tertiary/aromatic N) is 8. The van der Waals surface area contributed by atoms with Gasteiger partial charge in [-0.15, -0.1) is 20.4 Å². The van der Waals surface area contributed by atoms with Gasteiger partial charge in [0.2, 0.25) is 0 Å². The van der Waals surface area contributed by atoms with E-state index in [-0.39, 0.29) is 46.9 Å². The summed E-state index contributed by atoms with van der Waals surface area (Å²) in [6, 6.07) is 9.52. The second-order valence-corrected chi connectivity index (χ2v) is 10.8. The van der Waals surface area contributed by atoms with E-state index < -0.39 is 53.1 Å². The third-order valence-corrected chi connectivity index (χ3v) is 7.35. The fourth-order valence-corrected chi connectivity index (χ4v) is 4.82. The highest BCUT2D eigenvalue weighted by molar-refractivity contribution is 6.07. The number of hydrogen-bond acceptors (Lipinski definition) is 11. The first-order valence-electron chi connectivity index (χ1n) is 15.0. The van der Waals surface area contributed by atoms with Gasteiger partial charge in [0.25, 0.3) is 11.8 Å². The molecule has 52 heavy (non-hydrogen) atoms. The van der Waals surface area contributed by atoms with Crippen molar-refractivity contribution in [1.29, 1.82) is 0 Å². The average molecular weight is 711 g/mol. The number of carbonyl (C=O) groups is 4. The number of amides is 2. The molecule has 0 fully saturated rings. The van der Waals surface area contributed by atoms with Crippen molar-refractivity contribution in [2.75, 3.05) is 17.2 Å². The van der Waals surface area contributed by atoms with Gasteiger partial charge in [0.1, 0.15) is 18.5 Å². The van der Waals surface area contributed by atoms with Gasteiger partial charge in [-0.25, -0.2) is 23.5 Å². The first kappa shape index (κ1) is 34.4. The smallest absolute Gasteiger partial charge is 0.337 e. The molecule has 0 aliphatic heterocycles. The summed E-state index contributed by atoms with van der Waals surface area (Å²) in [5.74, 6) is -6.02. The number of rotatable bonds is 13. The summed E-state index contributed by atoms with van der Waals surface area (Å²) < 4.78 is 38.7. The lowest BCUT2D eigenvalue weighted by molar-refractivity contribution is -0.136. The molecule has 0 aliphatic rings. The molecule has 2 amide bonds. The molecule has 0 unspecified atom stereocenters. The Morgan fingerprint density at radius 2 is 1.31 bits per heavy atom. The molecule has 262 valence electrons. The van der Waals surface area contributed by atoms with Crippen molar-refractivity contribution in [3.63, 3.8) is 0 Å². The zero-order chi connectivity index (χ0) is 36.8. The van der Waals surface area contributed by atoms with Gasteiger partial charge in [0.15, 0.2) is 34.6 Å². The molecule has 6 aromatic rings. The number of aromatic nitrogens is 8. The molecule has 2 aromatic carbocycles. The molecule has 0 saturated heterocycles. The van der Waals surface area contributed by atoms with Crippen molar-refractivity contribution in [3.8, 4) is 17.4 Å². The number of nitrogens with one attached hydrogen (secondary N) is 2. The summed E-state index contributed by atoms with van der Waals surface area (Å²) in [5.41, 5.74) is -1.27. The third-order valence-electron chi connectivity index (χ3n) is 7.35. The van der Waals surface area contributed by atoms with Crippen LogP contribution in [0.5, 0.6) is 5.75 Å². The first-order chi connectivity index (χ1) is 25.0. The van der Waals surface area contributed by atoms with Gasteiger partial charge in [-0.3, -0.25) is 23.5 Å². The number of benzene rings is 2. The largest absolute Gasteiger partial charge is 0.490 e. The Labute approximate surface area is 290 Å². The summed E-state index contributed by atoms with van der Waals surface area (Å²) in [6.45, 7) is -0.359. The van der Waals surface area contributed by atoms with Crippen LogP contribution >= 0.6 is 0 Å². The number of anilines is 2. The average Bonchev–Trinajstić information content (AvgIpc) is 3.87. The Balaban J connectivity index is 1.16. The zero-order valence-electron chi connectivity index (χ0n) is 26.5. The number of ether oxygens (including phenoxy) is 1. The minimum atomic E-state index is -1.54. The Kier molecular flexibility index (Phi) is 9.92. The van der Waals surface area contributed by atoms with Crippen molar-refractivity contribution in [2.24, 2.45) is 0 Å². The van der Waals surface area contributed by atoms with E-state index in [0.717, 1.165) is 12.1 Å². The van der Waals surface area contributed by atoms with Gasteiger partial charge in [-0.1, -0.05) is 0 Å². The minimum absolute atomic E-state index is 0.0209. The number of carboxylic acid groups (broad SMARTS) is 2. The molecule has 0 radical (unpaired) electrons. The zero-order valence-corrected chi connectivity index (χ0v) is 26.5. The van der Waals surface area contributed by atoms with Crippen molar-refractivity contribution < 1.29 is 42.9 Å². The lowest BCUT2D eigenvalue weighted by Gasteiger charge is -2.15. The highest BCUT2D eigenvalue weighted by atomic mass is 19.1. The summed E-state index contributed by atoms with van der Waals surface area (Å²) in [5, 5.41) is 39.6. The summed E-state index contributed by atoms with van der Waals surface area (Å²) in [6.07, 6.45) is 8.44. The second-order valence-electron chi connectivity index (χ2n) is 10.8. The molecule has 4 heterocycles. The van der Waals surface area contributed by atoms with E-state index in [2.05, 4.69) is 41.0 Å². The lowest BCUT2D eigenvalue weighted by Crippen LogP contribution is -2.18. The van der Waals surface area contributed by atoms with Gasteiger partial charge in [-0.05, 0) is 53.6 Å². The summed E-state index contributed by atoms with van der Waals surface area (Å²) >= 11 is 0. The molecule has 17 nitrogen and oxygen atoms in total. The van der Waals surface area contributed by atoms with E-state index in [1.165, 1.54) is 55.4 Å². The van der Waals surface area contributed by atoms with Gasteiger partial charge in [-0.2, -0.15) is 0 Å². The van der Waals surface area contributed by atoms with Crippen LogP contribution in [0.1, 0.15) is 42.5 Å². The number of carboxylic acids is 2. The molecule has 0 spiro atoms. The van der Waals surface area contributed by atoms with E-state index in [9.17, 15) is 33.8 Å². The number of aliphatic carboxylic acids is 1. The maximum absolute atomic E-state index is 15.1. The Bertz CT molecular complexity index is 2270. The van der Waals surface area contributed by atoms with Crippen LogP contribution in [0, 0.1) is 11.6 Å². The maximum atomic E-state index is 15.1. The van der Waals surface area contributed by atoms with E-state index in [1.54, 1.807) is 21.5 Å². The Morgan fingerprint density at radius 3 is 1.81 bits per heavy atom. The second kappa shape index (κ2) is 15.0. The standard InChI is InChI=1S/C33H24F2N10O7/c34-21-11-19(13-30(46)47)25(38-31(48)23-1-3-28(42-40-23)44-8-6-36-16-44)12-18(21)5-10-52-27-15-26(20(33(50)51)14-22(27)35)39-32(49)24-2-4-29(43-41-24)45-9-7-37-17-45/h1-4,6-9,11-12,14-17H,5,10,13H2,(H,38,48)(H,39,49)(H,46,47)(H,50,51). The van der Waals surface area contributed by atoms with Crippen molar-refractivity contribution in [1.82, 2.24) is 39.5 Å². The Morgan fingerprint density at radius 1 is 0.712 bits per heavy atom. The SMILES string of the molecule is O=C(O)Cc1cc(F)c(CCOc2cc(NC(=O)c3ccc(-n4ccnc4)nn3)c(C(=O)O)cc2F)cc1NC(=O)c1ccc(-n2ccnc2)nn1. The molecule has 0 bridgehead atoms. The normalized spacial score (nSPS) is 10.8. The minimum Gasteiger partial charge on any atom is -0.490 e. The fourth-order valence-electron chi connectivity index (χ4n) is 4.82. The quantitative estimate of drug-likeness (QED) is 0.135. The molecule has 0 aliphatic carbocycles. The van der Waals surface area contributed by atoms with Crippen LogP contribution in [0.15, 0.2) is 86.0 Å². The van der Waals surface area contributed by atoms with Gasteiger partial charge >= 0.3 is 11.9 Å². The summed E-state index contributed by atoms with van der Waals surface area (Å²) in [4.78, 5) is 57.1. The molecule has 19 heteroatoms. The molecule has 0 saturated carbocycles. The Hall–Kier alpha value is -7.44. The highest BCUT2D eigenvalue weighted by Crippen LogP contribution is 2.28. The lowest BCUT2D eigenvalue weighted by atomic mass is 10.0. The fraction of sp³-hybridized carbons (Fsp3) is 0.0909. The van der Waals surface area contributed by atoms with Crippen LogP contribution in [-0.2, 0) is 17.6 Å². The van der Waals surface area contributed by atoms with E-state index in [0.29, 0.717) is 17.7 Å². The molecule has 0 atom stereocenters. The van der Waals surface area contributed by atoms with E-state index >= 15 is 4.39 Å². The van der Waals surface area contributed by atoms with Crippen LogP contribution in [0.4, 0.5) is 20.2 Å². The van der Waals surface area contributed by atoms with Crippen LogP contribution in [0.25, 0.3) is 11.6 Å². The molecular weight excluding hydrogens is 686 g/mol. The number of hydrogen-bond donors (Lipinski definition) is 4. The number of aromatic carboxylic acids is 1. The van der Waals surface area contributed by atoms with Crippen LogP contribution in [0.3, 0.4) is 0 Å². The predicted octanol–water partition coefficient (Wildman–Crippen LogP) is 3.37. The molecular formula is C33H24F2N10O7. The van der Waals surface area contributed by atoms with Gasteiger partial charge < -0.3 is 25.6 Å². The maximum Gasteiger partial charge on any atom is 0.337 e. The van der Waals surface area contributed by atoms with Gasteiger partial charge in [0.05, 0.1) is 24.3 Å². The first-order valence-corrected chi connectivity index (χ1v) is 15.0. The topological polar surface area (TPSA) is 229 Å². The molecule has 6 rings (SSSR count). The van der Waals surface area contributed by atoms with Gasteiger partial charge in [0, 0.05) is 43.0 Å². The van der Waals surface area contributed by atoms with E-state index in [4.69, 9.17) is 4.74 Å². The molecule has 4 aromatic heterocycles. The van der Waals surface area contributed by atoms with Crippen LogP contribution < -0.4 is 15.4 Å². The van der Waals surface area contributed by atoms with Crippen molar-refractivity contribution in [2.45, 2.75) is 12.8 Å². The van der Waals surface area contributed by atoms with Crippen molar-refractivity contribution in [3.05, 3.63) is 126 Å². The number of halogens is 2. The van der Waals surface area contributed by atoms with Crippen molar-refractivity contribution >= 4 is 35.1 Å². The third kappa shape index (κ3) is 7.88. The summed E-state index contributed by atoms with van der Waals surface area (Å²) in [7, 11) is 0. The monoisotopic (exact) mass is 710 g/mol. The highest BCUT2D eigenvalue weighted by Gasteiger charge is 2.21. The van der Waals surface area contributed by atoms with Crippen LogP contribution in [0.2, 0.25) is 0 Å². The van der Waals surface area contributed by atoms with Crippen LogP contribution in [-0.4, -0.2) is 80.1 Å². The predicted molar refractivity (Wildman–Crippen MR) is 175 cm³/mol. The molecule has 4 N–H and O–H groups in total. The number of imidazole rings is 2. The van der Waals surface area contributed by atoms with E-state index in [1.807, 2.05) is 0 Å². The number of carbonyl (C=O) groups excluding carboxylic acids is 2.